The van der Waals surface area contributed by atoms with Gasteiger partial charge in [0, 0.05) is 38.8 Å². The zero-order valence-corrected chi connectivity index (χ0v) is 13.6. The van der Waals surface area contributed by atoms with E-state index in [4.69, 9.17) is 15.2 Å². The number of morpholine rings is 2. The van der Waals surface area contributed by atoms with E-state index in [0.717, 1.165) is 62.8 Å². The number of nitrogens with two attached hydrogens (primary N) is 1. The summed E-state index contributed by atoms with van der Waals surface area (Å²) in [5.41, 5.74) is 7.84. The molecule has 0 aliphatic carbocycles. The third-order valence-electron chi connectivity index (χ3n) is 4.98. The third-order valence-corrected chi connectivity index (χ3v) is 4.98. The number of aromatic nitrogens is 2. The van der Waals surface area contributed by atoms with Gasteiger partial charge < -0.3 is 25.0 Å². The molecule has 1 aromatic heterocycles. The predicted octanol–water partition coefficient (Wildman–Crippen LogP) is 0.528. The Bertz CT molecular complexity index is 557. The maximum absolute atomic E-state index is 5.92. The van der Waals surface area contributed by atoms with Crippen LogP contribution in [0.4, 0.5) is 11.5 Å². The number of anilines is 2. The van der Waals surface area contributed by atoms with Crippen LogP contribution in [-0.4, -0.2) is 61.3 Å². The highest BCUT2D eigenvalue weighted by Crippen LogP contribution is 2.31. The highest BCUT2D eigenvalue weighted by Gasteiger charge is 2.34. The van der Waals surface area contributed by atoms with Gasteiger partial charge in [-0.15, -0.1) is 10.2 Å². The van der Waals surface area contributed by atoms with Crippen LogP contribution < -0.4 is 15.5 Å². The first-order chi connectivity index (χ1) is 11.2. The molecule has 3 aliphatic rings. The van der Waals surface area contributed by atoms with Gasteiger partial charge in [0.25, 0.3) is 0 Å². The van der Waals surface area contributed by atoms with Crippen LogP contribution >= 0.6 is 0 Å². The molecule has 1 aromatic rings. The first kappa shape index (κ1) is 15.1. The third kappa shape index (κ3) is 3.00. The first-order valence-corrected chi connectivity index (χ1v) is 8.56. The Labute approximate surface area is 136 Å². The molecular weight excluding hydrogens is 294 g/mol. The van der Waals surface area contributed by atoms with Crippen molar-refractivity contribution in [2.45, 2.75) is 44.6 Å². The number of rotatable bonds is 3. The van der Waals surface area contributed by atoms with Gasteiger partial charge in [0.1, 0.15) is 5.69 Å². The van der Waals surface area contributed by atoms with Crippen molar-refractivity contribution in [2.75, 3.05) is 42.6 Å². The van der Waals surface area contributed by atoms with Gasteiger partial charge in [0.15, 0.2) is 5.82 Å². The second-order valence-electron chi connectivity index (χ2n) is 6.73. The van der Waals surface area contributed by atoms with Crippen molar-refractivity contribution in [1.29, 1.82) is 0 Å². The van der Waals surface area contributed by atoms with Crippen LogP contribution in [-0.2, 0) is 16.0 Å². The number of hydrogen-bond acceptors (Lipinski definition) is 7. The highest BCUT2D eigenvalue weighted by molar-refractivity contribution is 5.58. The summed E-state index contributed by atoms with van der Waals surface area (Å²) in [4.78, 5) is 4.64. The zero-order valence-electron chi connectivity index (χ0n) is 13.6. The van der Waals surface area contributed by atoms with E-state index in [2.05, 4.69) is 33.0 Å². The topological polar surface area (TPSA) is 76.7 Å². The quantitative estimate of drug-likeness (QED) is 0.870. The fraction of sp³-hybridized carbons (Fsp3) is 0.750. The summed E-state index contributed by atoms with van der Waals surface area (Å²) in [6.45, 7) is 6.80. The highest BCUT2D eigenvalue weighted by atomic mass is 16.5. The van der Waals surface area contributed by atoms with Gasteiger partial charge in [0.05, 0.1) is 30.6 Å². The van der Waals surface area contributed by atoms with Crippen molar-refractivity contribution in [3.05, 3.63) is 11.8 Å². The maximum atomic E-state index is 5.92. The molecule has 4 rings (SSSR count). The van der Waals surface area contributed by atoms with Crippen molar-refractivity contribution in [1.82, 2.24) is 10.2 Å². The standard InChI is InChI=1S/C16H25N5O2/c1-11-8-20(4-5-22-11)15-6-16(19-18-14(15)7-17)21-9-12-2-3-13(10-21)23-12/h6,11-13H,2-5,7-10,17H2,1H3. The lowest BCUT2D eigenvalue weighted by molar-refractivity contribution is 0.0301. The molecule has 7 nitrogen and oxygen atoms in total. The van der Waals surface area contributed by atoms with E-state index in [1.807, 2.05) is 0 Å². The molecule has 0 radical (unpaired) electrons. The van der Waals surface area contributed by atoms with Gasteiger partial charge in [-0.3, -0.25) is 0 Å². The molecule has 2 bridgehead atoms. The van der Waals surface area contributed by atoms with Crippen LogP contribution in [0, 0.1) is 0 Å². The zero-order chi connectivity index (χ0) is 15.8. The number of fused-ring (bicyclic) bond motifs is 2. The minimum Gasteiger partial charge on any atom is -0.375 e. The average Bonchev–Trinajstić information content (AvgIpc) is 2.92. The molecule has 3 aliphatic heterocycles. The van der Waals surface area contributed by atoms with E-state index in [0.29, 0.717) is 18.8 Å². The lowest BCUT2D eigenvalue weighted by atomic mass is 10.2. The van der Waals surface area contributed by atoms with Crippen LogP contribution in [0.2, 0.25) is 0 Å². The van der Waals surface area contributed by atoms with E-state index >= 15 is 0 Å². The van der Waals surface area contributed by atoms with Crippen LogP contribution in [0.15, 0.2) is 6.07 Å². The number of nitrogens with zero attached hydrogens (tertiary/aromatic N) is 4. The smallest absolute Gasteiger partial charge is 0.153 e. The molecule has 0 saturated carbocycles. The maximum Gasteiger partial charge on any atom is 0.153 e. The number of hydrogen-bond donors (Lipinski definition) is 1. The molecule has 4 heterocycles. The van der Waals surface area contributed by atoms with Crippen molar-refractivity contribution >= 4 is 11.5 Å². The Hall–Kier alpha value is -1.44. The minimum atomic E-state index is 0.227. The SMILES string of the molecule is CC1CN(c2cc(N3CC4CCC(C3)O4)nnc2CN)CCO1. The van der Waals surface area contributed by atoms with Crippen molar-refractivity contribution in [3.8, 4) is 0 Å². The summed E-state index contributed by atoms with van der Waals surface area (Å²) in [6, 6.07) is 2.15. The Kier molecular flexibility index (Phi) is 4.09. The molecule has 126 valence electrons. The van der Waals surface area contributed by atoms with Gasteiger partial charge in [0.2, 0.25) is 0 Å². The van der Waals surface area contributed by atoms with E-state index < -0.39 is 0 Å². The first-order valence-electron chi connectivity index (χ1n) is 8.56. The lowest BCUT2D eigenvalue weighted by Crippen LogP contribution is -2.44. The fourth-order valence-electron chi connectivity index (χ4n) is 3.81. The molecule has 23 heavy (non-hydrogen) atoms. The van der Waals surface area contributed by atoms with E-state index in [1.165, 1.54) is 0 Å². The summed E-state index contributed by atoms with van der Waals surface area (Å²) in [5.74, 6) is 0.941. The molecule has 0 spiro atoms. The minimum absolute atomic E-state index is 0.227. The van der Waals surface area contributed by atoms with E-state index in [9.17, 15) is 0 Å². The van der Waals surface area contributed by atoms with Gasteiger partial charge in [-0.2, -0.15) is 0 Å². The van der Waals surface area contributed by atoms with Crippen molar-refractivity contribution in [3.63, 3.8) is 0 Å². The largest absolute Gasteiger partial charge is 0.375 e. The van der Waals surface area contributed by atoms with Gasteiger partial charge in [-0.1, -0.05) is 0 Å². The van der Waals surface area contributed by atoms with E-state index in [1.54, 1.807) is 0 Å². The summed E-state index contributed by atoms with van der Waals surface area (Å²) in [7, 11) is 0. The second kappa shape index (κ2) is 6.22. The Morgan fingerprint density at radius 3 is 2.65 bits per heavy atom. The summed E-state index contributed by atoms with van der Waals surface area (Å²) >= 11 is 0. The molecular formula is C16H25N5O2. The fourth-order valence-corrected chi connectivity index (χ4v) is 3.81. The van der Waals surface area contributed by atoms with Crippen molar-refractivity contribution in [2.24, 2.45) is 5.73 Å². The van der Waals surface area contributed by atoms with Crippen LogP contribution in [0.1, 0.15) is 25.5 Å². The second-order valence-corrected chi connectivity index (χ2v) is 6.73. The molecule has 3 saturated heterocycles. The lowest BCUT2D eigenvalue weighted by Gasteiger charge is -2.36. The number of ether oxygens (including phenoxy) is 2. The predicted molar refractivity (Wildman–Crippen MR) is 87.7 cm³/mol. The average molecular weight is 319 g/mol. The van der Waals surface area contributed by atoms with Gasteiger partial charge in [-0.25, -0.2) is 0 Å². The molecule has 2 N–H and O–H groups in total. The summed E-state index contributed by atoms with van der Waals surface area (Å²) in [5, 5.41) is 8.83. The Balaban J connectivity index is 1.60. The molecule has 0 amide bonds. The molecule has 0 aromatic carbocycles. The van der Waals surface area contributed by atoms with Crippen LogP contribution in [0.3, 0.4) is 0 Å². The molecule has 3 unspecified atom stereocenters. The Morgan fingerprint density at radius 2 is 1.96 bits per heavy atom. The summed E-state index contributed by atoms with van der Waals surface area (Å²) < 4.78 is 11.6. The van der Waals surface area contributed by atoms with Crippen LogP contribution in [0.5, 0.6) is 0 Å². The molecule has 3 fully saturated rings. The molecule has 3 atom stereocenters. The van der Waals surface area contributed by atoms with Crippen molar-refractivity contribution < 1.29 is 9.47 Å². The summed E-state index contributed by atoms with van der Waals surface area (Å²) in [6.07, 6.45) is 3.23. The van der Waals surface area contributed by atoms with Gasteiger partial charge in [-0.05, 0) is 19.8 Å². The monoisotopic (exact) mass is 319 g/mol. The molecule has 7 heteroatoms. The van der Waals surface area contributed by atoms with Gasteiger partial charge >= 0.3 is 0 Å². The van der Waals surface area contributed by atoms with Crippen LogP contribution in [0.25, 0.3) is 0 Å². The normalized spacial score (nSPS) is 30.8. The van der Waals surface area contributed by atoms with E-state index in [-0.39, 0.29) is 6.10 Å². The Morgan fingerprint density at radius 1 is 1.17 bits per heavy atom.